The van der Waals surface area contributed by atoms with E-state index in [0.717, 1.165) is 40.4 Å². The lowest BCUT2D eigenvalue weighted by atomic mass is 9.95. The molecule has 0 bridgehead atoms. The maximum atomic E-state index is 13.1. The largest absolute Gasteiger partial charge is 0.322 e. The van der Waals surface area contributed by atoms with Crippen molar-refractivity contribution in [3.63, 3.8) is 0 Å². The SMILES string of the molecule is CSc1cccc(NC(=O)c2c(-n3cnnn3)sc3c2CCCC3)c1. The lowest BCUT2D eigenvalue weighted by molar-refractivity contribution is 0.102. The van der Waals surface area contributed by atoms with Crippen LogP contribution in [0.4, 0.5) is 5.69 Å². The molecule has 4 rings (SSSR count). The zero-order valence-electron chi connectivity index (χ0n) is 13.7. The first-order valence-electron chi connectivity index (χ1n) is 8.09. The van der Waals surface area contributed by atoms with E-state index < -0.39 is 0 Å². The zero-order valence-corrected chi connectivity index (χ0v) is 15.4. The van der Waals surface area contributed by atoms with E-state index in [4.69, 9.17) is 0 Å². The minimum atomic E-state index is -0.0943. The van der Waals surface area contributed by atoms with Crippen LogP contribution in [0.15, 0.2) is 35.5 Å². The van der Waals surface area contributed by atoms with Crippen molar-refractivity contribution in [3.05, 3.63) is 46.6 Å². The maximum Gasteiger partial charge on any atom is 0.259 e. The molecule has 0 saturated heterocycles. The number of aryl methyl sites for hydroxylation is 1. The molecule has 0 aliphatic heterocycles. The molecule has 3 aromatic rings. The summed E-state index contributed by atoms with van der Waals surface area (Å²) in [7, 11) is 0. The lowest BCUT2D eigenvalue weighted by Gasteiger charge is -2.13. The molecule has 25 heavy (non-hydrogen) atoms. The average Bonchev–Trinajstić information content (AvgIpc) is 3.29. The number of hydrogen-bond acceptors (Lipinski definition) is 6. The summed E-state index contributed by atoms with van der Waals surface area (Å²) in [6, 6.07) is 7.87. The standard InChI is InChI=1S/C17H17N5OS2/c1-24-12-6-4-5-11(9-12)19-16(23)15-13-7-2-3-8-14(13)25-17(15)22-10-18-20-21-22/h4-6,9-10H,2-3,7-8H2,1H3,(H,19,23). The van der Waals surface area contributed by atoms with Crippen molar-refractivity contribution in [1.82, 2.24) is 20.2 Å². The number of carbonyl (C=O) groups excluding carboxylic acids is 1. The number of nitrogens with zero attached hydrogens (tertiary/aromatic N) is 4. The molecule has 0 spiro atoms. The second-order valence-corrected chi connectivity index (χ2v) is 7.79. The number of thioether (sulfide) groups is 1. The molecule has 1 aliphatic carbocycles. The van der Waals surface area contributed by atoms with Gasteiger partial charge in [0.15, 0.2) is 0 Å². The molecule has 0 saturated carbocycles. The smallest absolute Gasteiger partial charge is 0.259 e. The molecule has 0 unspecified atom stereocenters. The Bertz CT molecular complexity index is 904. The molecule has 1 amide bonds. The third-order valence-electron chi connectivity index (χ3n) is 4.26. The quantitative estimate of drug-likeness (QED) is 0.710. The number of rotatable bonds is 4. The average molecular weight is 371 g/mol. The molecule has 128 valence electrons. The predicted octanol–water partition coefficient (Wildman–Crippen LogP) is 3.58. The molecule has 6 nitrogen and oxygen atoms in total. The first kappa shape index (κ1) is 16.3. The number of benzene rings is 1. The first-order valence-corrected chi connectivity index (χ1v) is 10.1. The molecular formula is C17H17N5OS2. The Morgan fingerprint density at radius 3 is 3.00 bits per heavy atom. The van der Waals surface area contributed by atoms with E-state index in [2.05, 4.69) is 20.8 Å². The van der Waals surface area contributed by atoms with Crippen LogP contribution in [-0.2, 0) is 12.8 Å². The highest BCUT2D eigenvalue weighted by molar-refractivity contribution is 7.98. The minimum Gasteiger partial charge on any atom is -0.322 e. The third-order valence-corrected chi connectivity index (χ3v) is 6.27. The second-order valence-electron chi connectivity index (χ2n) is 5.83. The molecule has 0 radical (unpaired) electrons. The van der Waals surface area contributed by atoms with Gasteiger partial charge in [-0.05, 0) is 66.1 Å². The highest BCUT2D eigenvalue weighted by Gasteiger charge is 2.27. The van der Waals surface area contributed by atoms with Crippen LogP contribution in [0.5, 0.6) is 0 Å². The van der Waals surface area contributed by atoms with Crippen LogP contribution in [0, 0.1) is 0 Å². The van der Waals surface area contributed by atoms with Crippen LogP contribution in [0.3, 0.4) is 0 Å². The van der Waals surface area contributed by atoms with Crippen LogP contribution in [-0.4, -0.2) is 32.4 Å². The molecule has 2 aromatic heterocycles. The number of hydrogen-bond donors (Lipinski definition) is 1. The third kappa shape index (κ3) is 3.19. The van der Waals surface area contributed by atoms with Crippen molar-refractivity contribution in [2.45, 2.75) is 30.6 Å². The van der Waals surface area contributed by atoms with Gasteiger partial charge in [0, 0.05) is 15.5 Å². The van der Waals surface area contributed by atoms with Crippen molar-refractivity contribution < 1.29 is 4.79 Å². The molecule has 0 fully saturated rings. The molecule has 1 N–H and O–H groups in total. The van der Waals surface area contributed by atoms with Crippen LogP contribution in [0.2, 0.25) is 0 Å². The van der Waals surface area contributed by atoms with Gasteiger partial charge in [-0.15, -0.1) is 28.2 Å². The fourth-order valence-electron chi connectivity index (χ4n) is 3.10. The molecule has 0 atom stereocenters. The summed E-state index contributed by atoms with van der Waals surface area (Å²) in [4.78, 5) is 15.5. The Morgan fingerprint density at radius 1 is 1.32 bits per heavy atom. The zero-order chi connectivity index (χ0) is 17.2. The van der Waals surface area contributed by atoms with Crippen LogP contribution >= 0.6 is 23.1 Å². The second kappa shape index (κ2) is 6.97. The number of aromatic nitrogens is 4. The topological polar surface area (TPSA) is 72.7 Å². The van der Waals surface area contributed by atoms with Crippen molar-refractivity contribution in [3.8, 4) is 5.00 Å². The van der Waals surface area contributed by atoms with Crippen LogP contribution in [0.25, 0.3) is 5.00 Å². The number of amides is 1. The van der Waals surface area contributed by atoms with Gasteiger partial charge in [0.1, 0.15) is 11.3 Å². The molecule has 8 heteroatoms. The lowest BCUT2D eigenvalue weighted by Crippen LogP contribution is -2.16. The van der Waals surface area contributed by atoms with Gasteiger partial charge < -0.3 is 5.32 Å². The Morgan fingerprint density at radius 2 is 2.20 bits per heavy atom. The summed E-state index contributed by atoms with van der Waals surface area (Å²) in [6.45, 7) is 0. The minimum absolute atomic E-state index is 0.0943. The Balaban J connectivity index is 1.73. The van der Waals surface area contributed by atoms with Crippen molar-refractivity contribution in [1.29, 1.82) is 0 Å². The van der Waals surface area contributed by atoms with Crippen molar-refractivity contribution in [2.75, 3.05) is 11.6 Å². The number of nitrogens with one attached hydrogen (secondary N) is 1. The summed E-state index contributed by atoms with van der Waals surface area (Å²) >= 11 is 3.27. The van der Waals surface area contributed by atoms with Gasteiger partial charge in [0.25, 0.3) is 5.91 Å². The van der Waals surface area contributed by atoms with E-state index in [9.17, 15) is 4.79 Å². The van der Waals surface area contributed by atoms with Gasteiger partial charge >= 0.3 is 0 Å². The molecule has 2 heterocycles. The van der Waals surface area contributed by atoms with E-state index in [0.29, 0.717) is 5.56 Å². The summed E-state index contributed by atoms with van der Waals surface area (Å²) in [6.07, 6.45) is 7.79. The predicted molar refractivity (Wildman–Crippen MR) is 99.8 cm³/mol. The van der Waals surface area contributed by atoms with Gasteiger partial charge in [-0.1, -0.05) is 6.07 Å². The van der Waals surface area contributed by atoms with E-state index in [-0.39, 0.29) is 5.91 Å². The monoisotopic (exact) mass is 371 g/mol. The number of fused-ring (bicyclic) bond motifs is 1. The maximum absolute atomic E-state index is 13.1. The number of tetrazole rings is 1. The van der Waals surface area contributed by atoms with Crippen LogP contribution in [0.1, 0.15) is 33.6 Å². The summed E-state index contributed by atoms with van der Waals surface area (Å²) < 4.78 is 1.59. The fraction of sp³-hybridized carbons (Fsp3) is 0.294. The van der Waals surface area contributed by atoms with E-state index in [1.807, 2.05) is 30.5 Å². The summed E-state index contributed by atoms with van der Waals surface area (Å²) in [5.41, 5.74) is 2.66. The van der Waals surface area contributed by atoms with Gasteiger partial charge in [0.05, 0.1) is 5.56 Å². The van der Waals surface area contributed by atoms with Gasteiger partial charge in [0.2, 0.25) is 0 Å². The highest BCUT2D eigenvalue weighted by atomic mass is 32.2. The summed E-state index contributed by atoms with van der Waals surface area (Å²) in [5, 5.41) is 15.3. The number of thiophene rings is 1. The van der Waals surface area contributed by atoms with E-state index >= 15 is 0 Å². The normalized spacial score (nSPS) is 13.5. The highest BCUT2D eigenvalue weighted by Crippen LogP contribution is 2.37. The summed E-state index contributed by atoms with van der Waals surface area (Å²) in [5.74, 6) is -0.0943. The Hall–Kier alpha value is -2.19. The molecular weight excluding hydrogens is 354 g/mol. The van der Waals surface area contributed by atoms with E-state index in [1.54, 1.807) is 34.1 Å². The number of anilines is 1. The fourth-order valence-corrected chi connectivity index (χ4v) is 4.86. The van der Waals surface area contributed by atoms with E-state index in [1.165, 1.54) is 11.3 Å². The van der Waals surface area contributed by atoms with Crippen LogP contribution < -0.4 is 5.32 Å². The Kier molecular flexibility index (Phi) is 4.54. The first-order chi connectivity index (χ1) is 12.3. The van der Waals surface area contributed by atoms with Gasteiger partial charge in [-0.2, -0.15) is 4.68 Å². The molecule has 1 aromatic carbocycles. The van der Waals surface area contributed by atoms with Crippen molar-refractivity contribution >= 4 is 34.7 Å². The number of carbonyl (C=O) groups is 1. The van der Waals surface area contributed by atoms with Gasteiger partial charge in [-0.3, -0.25) is 4.79 Å². The van der Waals surface area contributed by atoms with Gasteiger partial charge in [-0.25, -0.2) is 0 Å². The van der Waals surface area contributed by atoms with Crippen molar-refractivity contribution in [2.24, 2.45) is 0 Å². The Labute approximate surface area is 153 Å². The molecule has 1 aliphatic rings.